The molecule has 1 rings (SSSR count). The van der Waals surface area contributed by atoms with Crippen molar-refractivity contribution in [2.75, 3.05) is 0 Å². The molecule has 0 bridgehead atoms. The predicted octanol–water partition coefficient (Wildman–Crippen LogP) is 3.22. The fourth-order valence-corrected chi connectivity index (χ4v) is 1.42. The summed E-state index contributed by atoms with van der Waals surface area (Å²) in [4.78, 5) is 12.3. The number of nitrogens with one attached hydrogen (secondary N) is 1. The van der Waals surface area contributed by atoms with Gasteiger partial charge in [0.05, 0.1) is 0 Å². The molecule has 82 valence electrons. The summed E-state index contributed by atoms with van der Waals surface area (Å²) >= 11 is 1.24. The molecule has 1 aromatic rings. The Morgan fingerprint density at radius 3 is 2.40 bits per heavy atom. The largest absolute Gasteiger partial charge is 0.443 e. The van der Waals surface area contributed by atoms with Crippen LogP contribution in [0.3, 0.4) is 0 Å². The van der Waals surface area contributed by atoms with E-state index < -0.39 is 11.7 Å². The van der Waals surface area contributed by atoms with Crippen LogP contribution in [0.25, 0.3) is 0 Å². The van der Waals surface area contributed by atoms with Gasteiger partial charge in [0.1, 0.15) is 5.60 Å². The predicted molar refractivity (Wildman–Crippen MR) is 61.7 cm³/mol. The molecule has 0 spiro atoms. The number of carbonyl (C=O) groups is 1. The molecule has 1 aromatic carbocycles. The zero-order chi connectivity index (χ0) is 11.3. The van der Waals surface area contributed by atoms with Crippen LogP contribution in [0.15, 0.2) is 35.2 Å². The number of hydrogen-bond donors (Lipinski definition) is 1. The lowest BCUT2D eigenvalue weighted by atomic mass is 10.2. The standard InChI is InChI=1S/C11H15NO2S/c1-11(2,3)14-10(13)12-15-9-7-5-4-6-8-9/h4-8H,1-3H3,(H,12,13). The van der Waals surface area contributed by atoms with Crippen LogP contribution in [0, 0.1) is 0 Å². The smallest absolute Gasteiger partial charge is 0.418 e. The van der Waals surface area contributed by atoms with Gasteiger partial charge in [0.15, 0.2) is 0 Å². The van der Waals surface area contributed by atoms with Gasteiger partial charge in [-0.05, 0) is 44.9 Å². The van der Waals surface area contributed by atoms with Crippen molar-refractivity contribution in [3.8, 4) is 0 Å². The average Bonchev–Trinajstić information content (AvgIpc) is 2.14. The molecule has 0 aliphatic carbocycles. The summed E-state index contributed by atoms with van der Waals surface area (Å²) in [6, 6.07) is 9.60. The molecule has 15 heavy (non-hydrogen) atoms. The van der Waals surface area contributed by atoms with E-state index in [0.717, 1.165) is 4.90 Å². The van der Waals surface area contributed by atoms with E-state index >= 15 is 0 Å². The highest BCUT2D eigenvalue weighted by atomic mass is 32.2. The van der Waals surface area contributed by atoms with Crippen molar-refractivity contribution in [2.45, 2.75) is 31.3 Å². The molecule has 0 heterocycles. The molecule has 0 radical (unpaired) electrons. The first-order valence-corrected chi connectivity index (χ1v) is 5.50. The molecule has 0 atom stereocenters. The topological polar surface area (TPSA) is 38.3 Å². The second-order valence-corrected chi connectivity index (χ2v) is 4.90. The van der Waals surface area contributed by atoms with Crippen LogP contribution in [0.4, 0.5) is 4.79 Å². The Morgan fingerprint density at radius 1 is 1.27 bits per heavy atom. The molecule has 0 aromatic heterocycles. The van der Waals surface area contributed by atoms with Crippen LogP contribution >= 0.6 is 11.9 Å². The van der Waals surface area contributed by atoms with E-state index in [4.69, 9.17) is 4.74 Å². The molecule has 0 aliphatic rings. The van der Waals surface area contributed by atoms with Crippen LogP contribution in [0.5, 0.6) is 0 Å². The summed E-state index contributed by atoms with van der Waals surface area (Å²) < 4.78 is 7.70. The normalized spacial score (nSPS) is 10.9. The summed E-state index contributed by atoms with van der Waals surface area (Å²) in [6.45, 7) is 5.50. The van der Waals surface area contributed by atoms with Gasteiger partial charge in [0, 0.05) is 4.90 Å². The van der Waals surface area contributed by atoms with Gasteiger partial charge in [0.25, 0.3) is 0 Å². The minimum atomic E-state index is -0.457. The third-order valence-corrected chi connectivity index (χ3v) is 2.17. The van der Waals surface area contributed by atoms with E-state index in [1.165, 1.54) is 11.9 Å². The SMILES string of the molecule is CC(C)(C)OC(=O)NSc1ccccc1. The van der Waals surface area contributed by atoms with Crippen LogP contribution in [-0.4, -0.2) is 11.7 Å². The quantitative estimate of drug-likeness (QED) is 0.785. The molecule has 3 nitrogen and oxygen atoms in total. The van der Waals surface area contributed by atoms with Gasteiger partial charge in [-0.25, -0.2) is 4.79 Å². The van der Waals surface area contributed by atoms with Crippen molar-refractivity contribution in [3.63, 3.8) is 0 Å². The van der Waals surface area contributed by atoms with E-state index in [9.17, 15) is 4.79 Å². The average molecular weight is 225 g/mol. The highest BCUT2D eigenvalue weighted by Crippen LogP contribution is 2.14. The van der Waals surface area contributed by atoms with Gasteiger partial charge in [-0.2, -0.15) is 0 Å². The zero-order valence-electron chi connectivity index (χ0n) is 9.11. The first kappa shape index (κ1) is 11.9. The number of rotatable bonds is 2. The van der Waals surface area contributed by atoms with Crippen molar-refractivity contribution in [3.05, 3.63) is 30.3 Å². The van der Waals surface area contributed by atoms with Gasteiger partial charge in [-0.3, -0.25) is 4.72 Å². The van der Waals surface area contributed by atoms with Crippen molar-refractivity contribution in [1.82, 2.24) is 4.72 Å². The molecule has 4 heteroatoms. The van der Waals surface area contributed by atoms with Gasteiger partial charge in [-0.15, -0.1) is 0 Å². The second-order valence-electron chi connectivity index (χ2n) is 4.02. The number of hydrogen-bond acceptors (Lipinski definition) is 3. The van der Waals surface area contributed by atoms with Gasteiger partial charge < -0.3 is 4.74 Å². The van der Waals surface area contributed by atoms with Crippen LogP contribution < -0.4 is 4.72 Å². The fraction of sp³-hybridized carbons (Fsp3) is 0.364. The van der Waals surface area contributed by atoms with Crippen LogP contribution in [0.1, 0.15) is 20.8 Å². The maximum Gasteiger partial charge on any atom is 0.418 e. The third-order valence-electron chi connectivity index (χ3n) is 1.39. The molecule has 1 amide bonds. The Hall–Kier alpha value is -1.16. The summed E-state index contributed by atoms with van der Waals surface area (Å²) in [6.07, 6.45) is -0.420. The van der Waals surface area contributed by atoms with E-state index in [-0.39, 0.29) is 0 Å². The number of ether oxygens (including phenoxy) is 1. The van der Waals surface area contributed by atoms with E-state index in [2.05, 4.69) is 4.72 Å². The lowest BCUT2D eigenvalue weighted by Gasteiger charge is -2.19. The fourth-order valence-electron chi connectivity index (χ4n) is 0.888. The molecular weight excluding hydrogens is 210 g/mol. The monoisotopic (exact) mass is 225 g/mol. The van der Waals surface area contributed by atoms with Gasteiger partial charge in [0.2, 0.25) is 0 Å². The lowest BCUT2D eigenvalue weighted by molar-refractivity contribution is 0.0574. The molecular formula is C11H15NO2S. The molecule has 0 saturated carbocycles. The van der Waals surface area contributed by atoms with Crippen molar-refractivity contribution in [1.29, 1.82) is 0 Å². The highest BCUT2D eigenvalue weighted by Gasteiger charge is 2.15. The third kappa shape index (κ3) is 5.32. The number of amides is 1. The summed E-state index contributed by atoms with van der Waals surface area (Å²) in [5, 5.41) is 0. The lowest BCUT2D eigenvalue weighted by Crippen LogP contribution is -2.28. The Balaban J connectivity index is 2.35. The zero-order valence-corrected chi connectivity index (χ0v) is 9.93. The van der Waals surface area contributed by atoms with Crippen molar-refractivity contribution < 1.29 is 9.53 Å². The Bertz CT molecular complexity index is 319. The Kier molecular flexibility index (Phi) is 4.03. The van der Waals surface area contributed by atoms with Crippen LogP contribution in [0.2, 0.25) is 0 Å². The maximum absolute atomic E-state index is 11.3. The van der Waals surface area contributed by atoms with E-state index in [0.29, 0.717) is 0 Å². The number of carbonyl (C=O) groups excluding carboxylic acids is 1. The first-order chi connectivity index (χ1) is 6.97. The number of benzene rings is 1. The van der Waals surface area contributed by atoms with Crippen molar-refractivity contribution in [2.24, 2.45) is 0 Å². The molecule has 0 saturated heterocycles. The minimum absolute atomic E-state index is 0.420. The Morgan fingerprint density at radius 2 is 1.87 bits per heavy atom. The Labute approximate surface area is 94.3 Å². The van der Waals surface area contributed by atoms with E-state index in [1.54, 1.807) is 0 Å². The molecule has 0 unspecified atom stereocenters. The first-order valence-electron chi connectivity index (χ1n) is 4.68. The summed E-state index contributed by atoms with van der Waals surface area (Å²) in [5.74, 6) is 0. The minimum Gasteiger partial charge on any atom is -0.443 e. The van der Waals surface area contributed by atoms with E-state index in [1.807, 2.05) is 51.1 Å². The highest BCUT2D eigenvalue weighted by molar-refractivity contribution is 7.98. The molecule has 0 fully saturated rings. The molecule has 0 aliphatic heterocycles. The van der Waals surface area contributed by atoms with Crippen LogP contribution in [-0.2, 0) is 4.74 Å². The molecule has 1 N–H and O–H groups in total. The van der Waals surface area contributed by atoms with Crippen molar-refractivity contribution >= 4 is 18.0 Å². The second kappa shape index (κ2) is 5.07. The maximum atomic E-state index is 11.3. The van der Waals surface area contributed by atoms with Gasteiger partial charge >= 0.3 is 6.09 Å². The summed E-state index contributed by atoms with van der Waals surface area (Å²) in [5.41, 5.74) is -0.457. The van der Waals surface area contributed by atoms with Gasteiger partial charge in [-0.1, -0.05) is 18.2 Å². The summed E-state index contributed by atoms with van der Waals surface area (Å²) in [7, 11) is 0.